The number of thiophene rings is 1. The Balaban J connectivity index is 1.43. The van der Waals surface area contributed by atoms with E-state index in [-0.39, 0.29) is 12.0 Å². The summed E-state index contributed by atoms with van der Waals surface area (Å²) in [5.74, 6) is -0.340. The number of hydrogen-bond acceptors (Lipinski definition) is 7. The van der Waals surface area contributed by atoms with Gasteiger partial charge in [0.2, 0.25) is 0 Å². The number of carbonyl (C=O) groups excluding carboxylic acids is 2. The van der Waals surface area contributed by atoms with E-state index in [4.69, 9.17) is 9.15 Å². The molecule has 2 aromatic heterocycles. The van der Waals surface area contributed by atoms with Gasteiger partial charge in [-0.1, -0.05) is 29.4 Å². The number of carbonyl (C=O) groups is 2. The van der Waals surface area contributed by atoms with Crippen LogP contribution < -0.4 is 15.4 Å². The molecule has 0 atom stereocenters. The average Bonchev–Trinajstić information content (AvgIpc) is 3.31. The standard InChI is InChI=1S/C16H14N4O4S/c21-13(18-15(22)17-9-12-7-4-8-25-12)10-23-16-20-19-14(24-16)11-5-2-1-3-6-11/h1-8H,9-10H2,(H2,17,18,21,22). The van der Waals surface area contributed by atoms with Gasteiger partial charge in [0.25, 0.3) is 11.8 Å². The topological polar surface area (TPSA) is 106 Å². The molecular formula is C16H14N4O4S. The van der Waals surface area contributed by atoms with E-state index in [1.807, 2.05) is 47.8 Å². The van der Waals surface area contributed by atoms with Crippen molar-refractivity contribution in [1.82, 2.24) is 20.8 Å². The predicted molar refractivity (Wildman–Crippen MR) is 89.9 cm³/mol. The summed E-state index contributed by atoms with van der Waals surface area (Å²) in [5.41, 5.74) is 0.738. The highest BCUT2D eigenvalue weighted by atomic mass is 32.1. The number of amides is 3. The Morgan fingerprint density at radius 1 is 1.12 bits per heavy atom. The smallest absolute Gasteiger partial charge is 0.415 e. The molecule has 0 aliphatic rings. The summed E-state index contributed by atoms with van der Waals surface area (Å²) in [6.45, 7) is -0.0649. The van der Waals surface area contributed by atoms with E-state index in [0.29, 0.717) is 6.54 Å². The van der Waals surface area contributed by atoms with E-state index < -0.39 is 18.5 Å². The monoisotopic (exact) mass is 358 g/mol. The minimum atomic E-state index is -0.622. The van der Waals surface area contributed by atoms with E-state index >= 15 is 0 Å². The van der Waals surface area contributed by atoms with Crippen LogP contribution in [-0.2, 0) is 11.3 Å². The van der Waals surface area contributed by atoms with Crippen LogP contribution in [0.4, 0.5) is 4.79 Å². The van der Waals surface area contributed by atoms with E-state index in [9.17, 15) is 9.59 Å². The van der Waals surface area contributed by atoms with Crippen LogP contribution in [0.3, 0.4) is 0 Å². The van der Waals surface area contributed by atoms with Crippen molar-refractivity contribution in [2.45, 2.75) is 6.54 Å². The zero-order valence-corrected chi connectivity index (χ0v) is 13.8. The molecule has 0 aliphatic carbocycles. The van der Waals surface area contributed by atoms with Gasteiger partial charge >= 0.3 is 12.1 Å². The Labute approximate surface area is 146 Å². The molecule has 3 aromatic rings. The summed E-state index contributed by atoms with van der Waals surface area (Å²) in [6, 6.07) is 12.3. The predicted octanol–water partition coefficient (Wildman–Crippen LogP) is 2.20. The number of rotatable bonds is 6. The van der Waals surface area contributed by atoms with Crippen molar-refractivity contribution in [3.05, 3.63) is 52.7 Å². The summed E-state index contributed by atoms with van der Waals surface area (Å²) in [6.07, 6.45) is -0.145. The molecule has 3 rings (SSSR count). The van der Waals surface area contributed by atoms with Gasteiger partial charge < -0.3 is 14.5 Å². The molecule has 0 spiro atoms. The third kappa shape index (κ3) is 4.88. The van der Waals surface area contributed by atoms with Gasteiger partial charge in [-0.05, 0) is 23.6 Å². The number of nitrogens with zero attached hydrogens (tertiary/aromatic N) is 2. The molecule has 0 saturated heterocycles. The molecule has 0 radical (unpaired) electrons. The lowest BCUT2D eigenvalue weighted by Crippen LogP contribution is -2.41. The summed E-state index contributed by atoms with van der Waals surface area (Å²) < 4.78 is 10.4. The summed E-state index contributed by atoms with van der Waals surface area (Å²) in [4.78, 5) is 24.3. The van der Waals surface area contributed by atoms with Crippen LogP contribution >= 0.6 is 11.3 Å². The molecule has 2 N–H and O–H groups in total. The fourth-order valence-electron chi connectivity index (χ4n) is 1.88. The maximum atomic E-state index is 11.7. The molecule has 0 saturated carbocycles. The maximum absolute atomic E-state index is 11.7. The zero-order chi connectivity index (χ0) is 17.5. The van der Waals surface area contributed by atoms with Crippen molar-refractivity contribution in [2.24, 2.45) is 0 Å². The number of benzene rings is 1. The fraction of sp³-hybridized carbons (Fsp3) is 0.125. The van der Waals surface area contributed by atoms with Gasteiger partial charge in [0.05, 0.1) is 6.54 Å². The highest BCUT2D eigenvalue weighted by molar-refractivity contribution is 7.09. The molecule has 0 bridgehead atoms. The SMILES string of the molecule is O=C(COc1nnc(-c2ccccc2)o1)NC(=O)NCc1cccs1. The van der Waals surface area contributed by atoms with E-state index in [1.54, 1.807) is 0 Å². The number of hydrogen-bond donors (Lipinski definition) is 2. The van der Waals surface area contributed by atoms with E-state index in [0.717, 1.165) is 10.4 Å². The summed E-state index contributed by atoms with van der Waals surface area (Å²) in [5, 5.41) is 14.2. The van der Waals surface area contributed by atoms with Crippen LogP contribution in [0.1, 0.15) is 4.88 Å². The van der Waals surface area contributed by atoms with Gasteiger partial charge in [-0.3, -0.25) is 10.1 Å². The second-order valence-electron chi connectivity index (χ2n) is 4.84. The molecule has 2 heterocycles. The van der Waals surface area contributed by atoms with Gasteiger partial charge in [0, 0.05) is 10.4 Å². The van der Waals surface area contributed by atoms with Crippen molar-refractivity contribution in [3.8, 4) is 17.5 Å². The molecule has 25 heavy (non-hydrogen) atoms. The molecule has 0 aliphatic heterocycles. The first-order chi connectivity index (χ1) is 12.2. The summed E-state index contributed by atoms with van der Waals surface area (Å²) in [7, 11) is 0. The molecular weight excluding hydrogens is 344 g/mol. The van der Waals surface area contributed by atoms with Gasteiger partial charge in [-0.25, -0.2) is 4.79 Å². The van der Waals surface area contributed by atoms with Crippen molar-refractivity contribution in [3.63, 3.8) is 0 Å². The Hall–Kier alpha value is -3.20. The number of urea groups is 1. The number of nitrogens with one attached hydrogen (secondary N) is 2. The van der Waals surface area contributed by atoms with Gasteiger partial charge in [-0.2, -0.15) is 0 Å². The third-order valence-electron chi connectivity index (χ3n) is 3.01. The zero-order valence-electron chi connectivity index (χ0n) is 13.0. The fourth-order valence-corrected chi connectivity index (χ4v) is 2.52. The van der Waals surface area contributed by atoms with Crippen molar-refractivity contribution < 1.29 is 18.7 Å². The van der Waals surface area contributed by atoms with Crippen LogP contribution in [0, 0.1) is 0 Å². The highest BCUT2D eigenvalue weighted by Crippen LogP contribution is 2.20. The quantitative estimate of drug-likeness (QED) is 0.700. The lowest BCUT2D eigenvalue weighted by Gasteiger charge is -2.05. The first-order valence-corrected chi connectivity index (χ1v) is 8.20. The Kier molecular flexibility index (Phi) is 5.37. The lowest BCUT2D eigenvalue weighted by atomic mass is 10.2. The van der Waals surface area contributed by atoms with Crippen LogP contribution in [0.15, 0.2) is 52.3 Å². The maximum Gasteiger partial charge on any atom is 0.415 e. The van der Waals surface area contributed by atoms with Gasteiger partial charge in [-0.15, -0.1) is 16.4 Å². The van der Waals surface area contributed by atoms with Crippen LogP contribution in [-0.4, -0.2) is 28.7 Å². The minimum Gasteiger partial charge on any atom is -0.439 e. The van der Waals surface area contributed by atoms with Crippen molar-refractivity contribution in [2.75, 3.05) is 6.61 Å². The molecule has 1 aromatic carbocycles. The first-order valence-electron chi connectivity index (χ1n) is 7.32. The van der Waals surface area contributed by atoms with Crippen LogP contribution in [0.25, 0.3) is 11.5 Å². The molecule has 0 unspecified atom stereocenters. The number of imide groups is 1. The third-order valence-corrected chi connectivity index (χ3v) is 3.89. The van der Waals surface area contributed by atoms with Crippen molar-refractivity contribution in [1.29, 1.82) is 0 Å². The van der Waals surface area contributed by atoms with E-state index in [1.165, 1.54) is 11.3 Å². The van der Waals surface area contributed by atoms with Gasteiger partial charge in [0.1, 0.15) is 0 Å². The minimum absolute atomic E-state index is 0.145. The largest absolute Gasteiger partial charge is 0.439 e. The second-order valence-corrected chi connectivity index (χ2v) is 5.87. The highest BCUT2D eigenvalue weighted by Gasteiger charge is 2.13. The lowest BCUT2D eigenvalue weighted by molar-refractivity contribution is -0.122. The Bertz CT molecular complexity index is 833. The number of ether oxygens (including phenoxy) is 1. The molecule has 9 heteroatoms. The Morgan fingerprint density at radius 2 is 1.96 bits per heavy atom. The molecule has 8 nitrogen and oxygen atoms in total. The molecule has 128 valence electrons. The normalized spacial score (nSPS) is 10.2. The number of aromatic nitrogens is 2. The van der Waals surface area contributed by atoms with E-state index in [2.05, 4.69) is 20.8 Å². The average molecular weight is 358 g/mol. The summed E-state index contributed by atoms with van der Waals surface area (Å²) >= 11 is 1.51. The Morgan fingerprint density at radius 3 is 2.72 bits per heavy atom. The van der Waals surface area contributed by atoms with Crippen LogP contribution in [0.5, 0.6) is 6.08 Å². The van der Waals surface area contributed by atoms with Gasteiger partial charge in [0.15, 0.2) is 6.61 Å². The molecule has 0 fully saturated rings. The molecule has 3 amide bonds. The van der Waals surface area contributed by atoms with Crippen LogP contribution in [0.2, 0.25) is 0 Å². The second kappa shape index (κ2) is 8.06. The first kappa shape index (κ1) is 16.7. The van der Waals surface area contributed by atoms with Crippen molar-refractivity contribution >= 4 is 23.3 Å².